The van der Waals surface area contributed by atoms with E-state index in [-0.39, 0.29) is 23.8 Å². The maximum atomic E-state index is 12.2. The van der Waals surface area contributed by atoms with Gasteiger partial charge in [-0.15, -0.1) is 0 Å². The van der Waals surface area contributed by atoms with Crippen LogP contribution in [0.3, 0.4) is 0 Å². The largest absolute Gasteiger partial charge is 0.343 e. The first kappa shape index (κ1) is 18.7. The van der Waals surface area contributed by atoms with Gasteiger partial charge in [0.25, 0.3) is 5.91 Å². The minimum atomic E-state index is -0.249. The Morgan fingerprint density at radius 2 is 1.48 bits per heavy atom. The SMILES string of the molecule is Cc1cc(C)cc(C(=O)NCC(=O)Nc2ccc(C(C)(C)C)cc2)c1. The number of hydrogen-bond donors (Lipinski definition) is 2. The quantitative estimate of drug-likeness (QED) is 0.886. The van der Waals surface area contributed by atoms with Crippen LogP contribution in [0.2, 0.25) is 0 Å². The average molecular weight is 338 g/mol. The summed E-state index contributed by atoms with van der Waals surface area (Å²) >= 11 is 0. The van der Waals surface area contributed by atoms with Gasteiger partial charge < -0.3 is 10.6 Å². The highest BCUT2D eigenvalue weighted by Crippen LogP contribution is 2.23. The lowest BCUT2D eigenvalue weighted by molar-refractivity contribution is -0.115. The summed E-state index contributed by atoms with van der Waals surface area (Å²) in [6.07, 6.45) is 0. The first-order chi connectivity index (χ1) is 11.6. The van der Waals surface area contributed by atoms with Gasteiger partial charge >= 0.3 is 0 Å². The zero-order chi connectivity index (χ0) is 18.6. The molecule has 0 bridgehead atoms. The summed E-state index contributed by atoms with van der Waals surface area (Å²) in [5.74, 6) is -0.494. The van der Waals surface area contributed by atoms with E-state index in [9.17, 15) is 9.59 Å². The third kappa shape index (κ3) is 5.45. The van der Waals surface area contributed by atoms with Gasteiger partial charge in [-0.2, -0.15) is 0 Å². The summed E-state index contributed by atoms with van der Waals surface area (Å²) in [7, 11) is 0. The van der Waals surface area contributed by atoms with Crippen LogP contribution in [0.25, 0.3) is 0 Å². The van der Waals surface area contributed by atoms with E-state index in [0.717, 1.165) is 16.8 Å². The number of nitrogens with one attached hydrogen (secondary N) is 2. The standard InChI is InChI=1S/C21H26N2O2/c1-14-10-15(2)12-16(11-14)20(25)22-13-19(24)23-18-8-6-17(7-9-18)21(3,4)5/h6-12H,13H2,1-5H3,(H,22,25)(H,23,24). The second-order valence-corrected chi connectivity index (χ2v) is 7.43. The van der Waals surface area contributed by atoms with Crippen molar-refractivity contribution in [2.75, 3.05) is 11.9 Å². The average Bonchev–Trinajstić information content (AvgIpc) is 2.51. The molecule has 2 aromatic carbocycles. The molecule has 4 heteroatoms. The first-order valence-electron chi connectivity index (χ1n) is 8.42. The minimum absolute atomic E-state index is 0.0627. The molecule has 4 nitrogen and oxygen atoms in total. The van der Waals surface area contributed by atoms with Crippen LogP contribution < -0.4 is 10.6 Å². The Balaban J connectivity index is 1.91. The fraction of sp³-hybridized carbons (Fsp3) is 0.333. The third-order valence-corrected chi connectivity index (χ3v) is 3.93. The highest BCUT2D eigenvalue weighted by Gasteiger charge is 2.13. The Morgan fingerprint density at radius 1 is 0.920 bits per heavy atom. The minimum Gasteiger partial charge on any atom is -0.343 e. The smallest absolute Gasteiger partial charge is 0.251 e. The molecule has 0 unspecified atom stereocenters. The molecule has 25 heavy (non-hydrogen) atoms. The molecule has 0 aliphatic heterocycles. The monoisotopic (exact) mass is 338 g/mol. The van der Waals surface area contributed by atoms with Crippen LogP contribution in [0.15, 0.2) is 42.5 Å². The van der Waals surface area contributed by atoms with Crippen molar-refractivity contribution in [3.05, 3.63) is 64.7 Å². The molecular weight excluding hydrogens is 312 g/mol. The van der Waals surface area contributed by atoms with Gasteiger partial charge in [0.15, 0.2) is 0 Å². The van der Waals surface area contributed by atoms with E-state index in [1.807, 2.05) is 56.3 Å². The number of rotatable bonds is 4. The topological polar surface area (TPSA) is 58.2 Å². The molecule has 0 aliphatic carbocycles. The molecule has 2 amide bonds. The maximum Gasteiger partial charge on any atom is 0.251 e. The van der Waals surface area contributed by atoms with E-state index in [2.05, 4.69) is 31.4 Å². The van der Waals surface area contributed by atoms with Crippen molar-refractivity contribution >= 4 is 17.5 Å². The van der Waals surface area contributed by atoms with Crippen molar-refractivity contribution in [2.24, 2.45) is 0 Å². The van der Waals surface area contributed by atoms with Gasteiger partial charge in [-0.1, -0.05) is 50.1 Å². The fourth-order valence-electron chi connectivity index (χ4n) is 2.63. The molecule has 0 atom stereocenters. The van der Waals surface area contributed by atoms with Gasteiger partial charge in [0, 0.05) is 11.3 Å². The van der Waals surface area contributed by atoms with Crippen molar-refractivity contribution in [1.82, 2.24) is 5.32 Å². The zero-order valence-corrected chi connectivity index (χ0v) is 15.6. The Bertz CT molecular complexity index is 751. The predicted molar refractivity (Wildman–Crippen MR) is 102 cm³/mol. The second-order valence-electron chi connectivity index (χ2n) is 7.43. The molecule has 0 saturated heterocycles. The lowest BCUT2D eigenvalue weighted by Gasteiger charge is -2.19. The van der Waals surface area contributed by atoms with Crippen LogP contribution in [-0.2, 0) is 10.2 Å². The summed E-state index contributed by atoms with van der Waals surface area (Å²) in [5, 5.41) is 5.45. The molecule has 2 N–H and O–H groups in total. The number of amides is 2. The van der Waals surface area contributed by atoms with Crippen LogP contribution in [0, 0.1) is 13.8 Å². The Labute approximate surface area is 149 Å². The fourth-order valence-corrected chi connectivity index (χ4v) is 2.63. The normalized spacial score (nSPS) is 11.1. The van der Waals surface area contributed by atoms with Crippen molar-refractivity contribution in [3.8, 4) is 0 Å². The van der Waals surface area contributed by atoms with Crippen LogP contribution in [0.1, 0.15) is 47.8 Å². The van der Waals surface area contributed by atoms with E-state index >= 15 is 0 Å². The maximum absolute atomic E-state index is 12.2. The summed E-state index contributed by atoms with van der Waals surface area (Å²) < 4.78 is 0. The van der Waals surface area contributed by atoms with E-state index < -0.39 is 0 Å². The molecule has 0 radical (unpaired) electrons. The molecule has 0 saturated carbocycles. The number of anilines is 1. The first-order valence-corrected chi connectivity index (χ1v) is 8.42. The highest BCUT2D eigenvalue weighted by atomic mass is 16.2. The zero-order valence-electron chi connectivity index (χ0n) is 15.6. The van der Waals surface area contributed by atoms with Crippen LogP contribution in [0.5, 0.6) is 0 Å². The van der Waals surface area contributed by atoms with Crippen LogP contribution in [-0.4, -0.2) is 18.4 Å². The molecule has 0 heterocycles. The van der Waals surface area contributed by atoms with Crippen LogP contribution in [0.4, 0.5) is 5.69 Å². The molecule has 132 valence electrons. The van der Waals surface area contributed by atoms with Gasteiger partial charge in [-0.3, -0.25) is 9.59 Å². The van der Waals surface area contributed by atoms with Crippen LogP contribution >= 0.6 is 0 Å². The van der Waals surface area contributed by atoms with Gasteiger partial charge in [0.1, 0.15) is 0 Å². The van der Waals surface area contributed by atoms with E-state index in [4.69, 9.17) is 0 Å². The van der Waals surface area contributed by atoms with E-state index in [1.54, 1.807) is 0 Å². The summed E-state index contributed by atoms with van der Waals surface area (Å²) in [4.78, 5) is 24.2. The van der Waals surface area contributed by atoms with Crippen molar-refractivity contribution in [2.45, 2.75) is 40.0 Å². The molecule has 0 fully saturated rings. The summed E-state index contributed by atoms with van der Waals surface area (Å²) in [6.45, 7) is 10.2. The highest BCUT2D eigenvalue weighted by molar-refractivity contribution is 5.99. The van der Waals surface area contributed by atoms with Gasteiger partial charge in [0.05, 0.1) is 6.54 Å². The van der Waals surface area contributed by atoms with Crippen molar-refractivity contribution in [3.63, 3.8) is 0 Å². The lowest BCUT2D eigenvalue weighted by Crippen LogP contribution is -2.32. The summed E-state index contributed by atoms with van der Waals surface area (Å²) in [6, 6.07) is 13.4. The van der Waals surface area contributed by atoms with E-state index in [0.29, 0.717) is 5.56 Å². The van der Waals surface area contributed by atoms with E-state index in [1.165, 1.54) is 5.56 Å². The third-order valence-electron chi connectivity index (χ3n) is 3.93. The second kappa shape index (κ2) is 7.51. The molecule has 0 aromatic heterocycles. The molecular formula is C21H26N2O2. The molecule has 2 aromatic rings. The Morgan fingerprint density at radius 3 is 2.00 bits per heavy atom. The molecule has 0 spiro atoms. The van der Waals surface area contributed by atoms with Crippen molar-refractivity contribution in [1.29, 1.82) is 0 Å². The Hall–Kier alpha value is -2.62. The van der Waals surface area contributed by atoms with Gasteiger partial charge in [-0.05, 0) is 49.1 Å². The van der Waals surface area contributed by atoms with Crippen molar-refractivity contribution < 1.29 is 9.59 Å². The lowest BCUT2D eigenvalue weighted by atomic mass is 9.87. The summed E-state index contributed by atoms with van der Waals surface area (Å²) in [5.41, 5.74) is 4.61. The number of hydrogen-bond acceptors (Lipinski definition) is 2. The number of aryl methyl sites for hydroxylation is 2. The van der Waals surface area contributed by atoms with Gasteiger partial charge in [0.2, 0.25) is 5.91 Å². The van der Waals surface area contributed by atoms with Gasteiger partial charge in [-0.25, -0.2) is 0 Å². The number of benzene rings is 2. The number of carbonyl (C=O) groups is 2. The number of carbonyl (C=O) groups excluding carboxylic acids is 2. The molecule has 2 rings (SSSR count). The molecule has 0 aliphatic rings. The predicted octanol–water partition coefficient (Wildman–Crippen LogP) is 3.97. The Kier molecular flexibility index (Phi) is 5.62.